The van der Waals surface area contributed by atoms with Gasteiger partial charge in [0.05, 0.1) is 29.8 Å². The van der Waals surface area contributed by atoms with Crippen LogP contribution in [0.15, 0.2) is 54.6 Å². The Morgan fingerprint density at radius 3 is 2.54 bits per heavy atom. The van der Waals surface area contributed by atoms with Gasteiger partial charge in [0.2, 0.25) is 0 Å². The molecule has 0 spiro atoms. The molecule has 0 saturated carbocycles. The molecule has 0 unspecified atom stereocenters. The number of alkyl halides is 2. The van der Waals surface area contributed by atoms with E-state index in [1.165, 1.54) is 16.7 Å². The molecule has 1 amide bonds. The van der Waals surface area contributed by atoms with Gasteiger partial charge in [-0.1, -0.05) is 24.3 Å². The van der Waals surface area contributed by atoms with Crippen molar-refractivity contribution in [3.05, 3.63) is 77.6 Å². The zero-order chi connectivity index (χ0) is 28.3. The van der Waals surface area contributed by atoms with Crippen molar-refractivity contribution < 1.29 is 22.7 Å². The van der Waals surface area contributed by atoms with Crippen LogP contribution in [-0.4, -0.2) is 69.7 Å². The van der Waals surface area contributed by atoms with Crippen LogP contribution >= 0.6 is 0 Å². The number of para-hydroxylation sites is 2. The topological polar surface area (TPSA) is 76.4 Å². The maximum Gasteiger partial charge on any atom is 0.296 e. The highest BCUT2D eigenvalue weighted by molar-refractivity contribution is 5.94. The number of aryl methyl sites for hydroxylation is 1. The minimum absolute atomic E-state index is 0.101. The van der Waals surface area contributed by atoms with E-state index in [4.69, 9.17) is 14.7 Å². The maximum atomic E-state index is 14.1. The maximum absolute atomic E-state index is 14.1. The molecule has 8 nitrogen and oxygen atoms in total. The Bertz CT molecular complexity index is 1540. The zero-order valence-corrected chi connectivity index (χ0v) is 22.6. The van der Waals surface area contributed by atoms with Crippen molar-refractivity contribution in [1.82, 2.24) is 24.4 Å². The molecule has 4 aromatic rings. The number of anilines is 1. The minimum Gasteiger partial charge on any atom is -0.378 e. The van der Waals surface area contributed by atoms with Gasteiger partial charge in [-0.05, 0) is 49.4 Å². The average molecular weight is 565 g/mol. The number of amides is 1. The summed E-state index contributed by atoms with van der Waals surface area (Å²) < 4.78 is 49.2. The number of likely N-dealkylation sites (tertiary alicyclic amines) is 1. The first-order valence-corrected chi connectivity index (χ1v) is 14.0. The lowest BCUT2D eigenvalue weighted by Crippen LogP contribution is -2.37. The van der Waals surface area contributed by atoms with E-state index < -0.39 is 12.2 Å². The molecule has 0 aliphatic carbocycles. The van der Waals surface area contributed by atoms with Gasteiger partial charge in [0.15, 0.2) is 5.82 Å². The number of halogens is 3. The van der Waals surface area contributed by atoms with Crippen molar-refractivity contribution in [2.75, 3.05) is 44.3 Å². The largest absolute Gasteiger partial charge is 0.378 e. The molecule has 4 heterocycles. The molecule has 0 bridgehead atoms. The summed E-state index contributed by atoms with van der Waals surface area (Å²) in [4.78, 5) is 30.3. The molecule has 2 fully saturated rings. The number of aromatic nitrogens is 4. The number of imidazole rings is 1. The molecular formula is C30H31F3N6O2. The molecule has 0 N–H and O–H groups in total. The fraction of sp³-hybridized carbons (Fsp3) is 0.400. The second-order valence-corrected chi connectivity index (χ2v) is 10.5. The molecule has 1 atom stereocenters. The quantitative estimate of drug-likeness (QED) is 0.292. The molecule has 2 saturated heterocycles. The first-order chi connectivity index (χ1) is 20.0. The van der Waals surface area contributed by atoms with Gasteiger partial charge in [-0.25, -0.2) is 28.1 Å². The average Bonchev–Trinajstić information content (AvgIpc) is 3.63. The Hall–Kier alpha value is -3.99. The smallest absolute Gasteiger partial charge is 0.296 e. The van der Waals surface area contributed by atoms with Gasteiger partial charge in [-0.3, -0.25) is 9.36 Å². The molecule has 2 aromatic carbocycles. The molecule has 2 aliphatic rings. The number of benzene rings is 2. The molecule has 2 aromatic heterocycles. The van der Waals surface area contributed by atoms with Gasteiger partial charge in [-0.2, -0.15) is 0 Å². The molecule has 214 valence electrons. The van der Waals surface area contributed by atoms with Crippen LogP contribution in [0.5, 0.6) is 0 Å². The Morgan fingerprint density at radius 2 is 1.73 bits per heavy atom. The lowest BCUT2D eigenvalue weighted by Gasteiger charge is -2.28. The molecule has 11 heteroatoms. The van der Waals surface area contributed by atoms with Gasteiger partial charge in [0.1, 0.15) is 23.3 Å². The van der Waals surface area contributed by atoms with E-state index in [1.807, 2.05) is 0 Å². The predicted octanol–water partition coefficient (Wildman–Crippen LogP) is 5.21. The first kappa shape index (κ1) is 27.2. The Labute approximate surface area is 235 Å². The standard InChI is InChI=1S/C30H31F3N6O2/c31-22-8-2-1-7-21(22)30(40)38-13-12-20(19-38)6-5-11-25-35-26(37-14-16-41-17-15-37)18-27(36-25)39-24-10-4-3-9-23(24)34-29(39)28(32)33/h1-4,7-10,18,20,28H,5-6,11-17,19H2/t20-/m0/s1. The van der Waals surface area contributed by atoms with Crippen molar-refractivity contribution >= 4 is 22.8 Å². The Balaban J connectivity index is 1.21. The number of fused-ring (bicyclic) bond motifs is 1. The molecule has 2 aliphatic heterocycles. The third-order valence-corrected chi connectivity index (χ3v) is 7.78. The monoisotopic (exact) mass is 564 g/mol. The number of morpholine rings is 1. The number of carbonyl (C=O) groups excluding carboxylic acids is 1. The van der Waals surface area contributed by atoms with E-state index in [0.717, 1.165) is 19.3 Å². The summed E-state index contributed by atoms with van der Waals surface area (Å²) in [5, 5.41) is 0. The minimum atomic E-state index is -2.77. The van der Waals surface area contributed by atoms with Crippen LogP contribution in [0.4, 0.5) is 19.0 Å². The van der Waals surface area contributed by atoms with E-state index in [1.54, 1.807) is 47.4 Å². The molecular weight excluding hydrogens is 533 g/mol. The Kier molecular flexibility index (Phi) is 7.86. The lowest BCUT2D eigenvalue weighted by atomic mass is 10.0. The number of ether oxygens (including phenoxy) is 1. The summed E-state index contributed by atoms with van der Waals surface area (Å²) >= 11 is 0. The zero-order valence-electron chi connectivity index (χ0n) is 22.6. The van der Waals surface area contributed by atoms with Gasteiger partial charge >= 0.3 is 0 Å². The van der Waals surface area contributed by atoms with Crippen molar-refractivity contribution in [3.8, 4) is 5.82 Å². The van der Waals surface area contributed by atoms with Crippen LogP contribution in [0.25, 0.3) is 16.9 Å². The summed E-state index contributed by atoms with van der Waals surface area (Å²) in [5.41, 5.74) is 1.14. The Morgan fingerprint density at radius 1 is 0.976 bits per heavy atom. The van der Waals surface area contributed by atoms with E-state index in [2.05, 4.69) is 9.88 Å². The van der Waals surface area contributed by atoms with Crippen molar-refractivity contribution in [3.63, 3.8) is 0 Å². The summed E-state index contributed by atoms with van der Waals surface area (Å²) in [5.74, 6) is 0.759. The van der Waals surface area contributed by atoms with Crippen molar-refractivity contribution in [1.29, 1.82) is 0 Å². The van der Waals surface area contributed by atoms with Crippen LogP contribution in [-0.2, 0) is 11.2 Å². The fourth-order valence-electron chi connectivity index (χ4n) is 5.69. The number of hydrogen-bond acceptors (Lipinski definition) is 6. The van der Waals surface area contributed by atoms with Crippen LogP contribution in [0, 0.1) is 11.7 Å². The van der Waals surface area contributed by atoms with Crippen LogP contribution in [0.1, 0.15) is 47.7 Å². The normalized spacial score (nSPS) is 17.6. The highest BCUT2D eigenvalue weighted by Gasteiger charge is 2.28. The summed E-state index contributed by atoms with van der Waals surface area (Å²) in [6.45, 7) is 3.59. The number of carbonyl (C=O) groups is 1. The SMILES string of the molecule is O=C(c1ccccc1F)N1CC[C@H](CCCc2nc(N3CCOCC3)cc(-n3c(C(F)F)nc4ccccc43)n2)C1. The summed E-state index contributed by atoms with van der Waals surface area (Å²) in [6, 6.07) is 14.8. The van der Waals surface area contributed by atoms with Crippen LogP contribution in [0.2, 0.25) is 0 Å². The van der Waals surface area contributed by atoms with Gasteiger partial charge in [0.25, 0.3) is 12.3 Å². The number of rotatable bonds is 8. The summed E-state index contributed by atoms with van der Waals surface area (Å²) in [6.07, 6.45) is 0.242. The predicted molar refractivity (Wildman–Crippen MR) is 148 cm³/mol. The van der Waals surface area contributed by atoms with E-state index >= 15 is 0 Å². The highest BCUT2D eigenvalue weighted by Crippen LogP contribution is 2.29. The molecule has 41 heavy (non-hydrogen) atoms. The highest BCUT2D eigenvalue weighted by atomic mass is 19.3. The van der Waals surface area contributed by atoms with Crippen molar-refractivity contribution in [2.45, 2.75) is 32.1 Å². The van der Waals surface area contributed by atoms with E-state index in [9.17, 15) is 18.0 Å². The fourth-order valence-corrected chi connectivity index (χ4v) is 5.69. The third kappa shape index (κ3) is 5.76. The number of nitrogens with zero attached hydrogens (tertiary/aromatic N) is 6. The van der Waals surface area contributed by atoms with Gasteiger partial charge in [-0.15, -0.1) is 0 Å². The van der Waals surface area contributed by atoms with Gasteiger partial charge in [0, 0.05) is 38.7 Å². The van der Waals surface area contributed by atoms with E-state index in [0.29, 0.717) is 74.3 Å². The molecule has 0 radical (unpaired) electrons. The number of hydrogen-bond donors (Lipinski definition) is 0. The van der Waals surface area contributed by atoms with E-state index in [-0.39, 0.29) is 23.2 Å². The van der Waals surface area contributed by atoms with Crippen molar-refractivity contribution in [2.24, 2.45) is 5.92 Å². The van der Waals surface area contributed by atoms with Gasteiger partial charge < -0.3 is 14.5 Å². The van der Waals surface area contributed by atoms with Crippen LogP contribution in [0.3, 0.4) is 0 Å². The summed E-state index contributed by atoms with van der Waals surface area (Å²) in [7, 11) is 0. The second kappa shape index (κ2) is 11.9. The third-order valence-electron chi connectivity index (χ3n) is 7.78. The second-order valence-electron chi connectivity index (χ2n) is 10.5. The van der Waals surface area contributed by atoms with Crippen LogP contribution < -0.4 is 4.90 Å². The molecule has 6 rings (SSSR count). The lowest BCUT2D eigenvalue weighted by molar-refractivity contribution is 0.0781. The first-order valence-electron chi connectivity index (χ1n) is 14.0.